The van der Waals surface area contributed by atoms with Crippen LogP contribution in [0.4, 0.5) is 0 Å². The highest BCUT2D eigenvalue weighted by Crippen LogP contribution is 2.30. The maximum Gasteiger partial charge on any atom is 0.237 e. The molecule has 3 N–H and O–H groups in total. The molecule has 2 atom stereocenters. The quantitative estimate of drug-likeness (QED) is 0.547. The molecule has 3 aromatic rings. The van der Waals surface area contributed by atoms with E-state index in [0.29, 0.717) is 12.6 Å². The minimum Gasteiger partial charge on any atom is -0.361 e. The second kappa shape index (κ2) is 9.27. The van der Waals surface area contributed by atoms with Crippen LogP contribution in [0.2, 0.25) is 0 Å². The summed E-state index contributed by atoms with van der Waals surface area (Å²) in [7, 11) is 0. The highest BCUT2D eigenvalue weighted by atomic mass is 16.2. The van der Waals surface area contributed by atoms with E-state index in [4.69, 9.17) is 0 Å². The average molecular weight is 390 g/mol. The molecule has 1 saturated carbocycles. The molecule has 4 rings (SSSR count). The summed E-state index contributed by atoms with van der Waals surface area (Å²) in [5, 5.41) is 7.97. The smallest absolute Gasteiger partial charge is 0.237 e. The first-order chi connectivity index (χ1) is 14.2. The van der Waals surface area contributed by atoms with Crippen molar-refractivity contribution in [1.29, 1.82) is 0 Å². The third-order valence-corrected chi connectivity index (χ3v) is 6.17. The van der Waals surface area contributed by atoms with E-state index in [1.807, 2.05) is 13.0 Å². The van der Waals surface area contributed by atoms with Crippen LogP contribution in [0.1, 0.15) is 56.1 Å². The third-order valence-electron chi connectivity index (χ3n) is 6.17. The second-order valence-corrected chi connectivity index (χ2v) is 8.23. The Morgan fingerprint density at radius 1 is 1.03 bits per heavy atom. The molecule has 1 aromatic heterocycles. The Hall–Kier alpha value is -2.59. The first-order valence-electron chi connectivity index (χ1n) is 10.9. The Bertz CT molecular complexity index is 927. The van der Waals surface area contributed by atoms with Crippen molar-refractivity contribution < 1.29 is 4.79 Å². The van der Waals surface area contributed by atoms with Gasteiger partial charge in [0.25, 0.3) is 0 Å². The summed E-state index contributed by atoms with van der Waals surface area (Å²) >= 11 is 0. The van der Waals surface area contributed by atoms with E-state index < -0.39 is 0 Å². The molecule has 0 saturated heterocycles. The zero-order chi connectivity index (χ0) is 20.1. The van der Waals surface area contributed by atoms with Crippen molar-refractivity contribution in [3.63, 3.8) is 0 Å². The fourth-order valence-corrected chi connectivity index (χ4v) is 4.44. The molecular weight excluding hydrogens is 358 g/mol. The number of rotatable bonds is 7. The second-order valence-electron chi connectivity index (χ2n) is 8.23. The summed E-state index contributed by atoms with van der Waals surface area (Å²) in [6, 6.07) is 19.1. The van der Waals surface area contributed by atoms with Crippen LogP contribution in [0.15, 0.2) is 60.8 Å². The van der Waals surface area contributed by atoms with Crippen LogP contribution >= 0.6 is 0 Å². The molecule has 0 radical (unpaired) electrons. The molecule has 0 bridgehead atoms. The van der Waals surface area contributed by atoms with Crippen LogP contribution in [-0.2, 0) is 4.79 Å². The maximum absolute atomic E-state index is 12.7. The van der Waals surface area contributed by atoms with Crippen LogP contribution in [0.25, 0.3) is 10.9 Å². The molecule has 1 amide bonds. The molecule has 4 nitrogen and oxygen atoms in total. The van der Waals surface area contributed by atoms with Gasteiger partial charge in [0.2, 0.25) is 5.91 Å². The summed E-state index contributed by atoms with van der Waals surface area (Å²) < 4.78 is 0. The van der Waals surface area contributed by atoms with Gasteiger partial charge in [0, 0.05) is 35.6 Å². The van der Waals surface area contributed by atoms with Gasteiger partial charge in [-0.3, -0.25) is 4.79 Å². The van der Waals surface area contributed by atoms with Gasteiger partial charge < -0.3 is 15.6 Å². The minimum atomic E-state index is -0.214. The van der Waals surface area contributed by atoms with E-state index in [2.05, 4.69) is 70.3 Å². The summed E-state index contributed by atoms with van der Waals surface area (Å²) in [4.78, 5) is 16.1. The number of hydrogen-bond donors (Lipinski definition) is 3. The Morgan fingerprint density at radius 3 is 2.55 bits per heavy atom. The molecule has 4 heteroatoms. The number of benzene rings is 2. The van der Waals surface area contributed by atoms with Crippen LogP contribution in [0.3, 0.4) is 0 Å². The number of carbonyl (C=O) groups excluding carboxylic acids is 1. The molecule has 2 aromatic carbocycles. The third kappa shape index (κ3) is 4.70. The SMILES string of the molecule is CC(NCC(c1ccccc1)c1c[nH]c2ccccc12)C(=O)NC1CCCCC1. The highest BCUT2D eigenvalue weighted by Gasteiger charge is 2.22. The summed E-state index contributed by atoms with van der Waals surface area (Å²) in [6.07, 6.45) is 8.08. The number of H-pyrrole nitrogens is 1. The zero-order valence-corrected chi connectivity index (χ0v) is 17.2. The fourth-order valence-electron chi connectivity index (χ4n) is 4.44. The number of nitrogens with one attached hydrogen (secondary N) is 3. The normalized spacial score (nSPS) is 17.1. The molecule has 1 aliphatic rings. The van der Waals surface area contributed by atoms with Crippen molar-refractivity contribution in [3.8, 4) is 0 Å². The van der Waals surface area contributed by atoms with Gasteiger partial charge in [0.1, 0.15) is 0 Å². The molecule has 1 fully saturated rings. The lowest BCUT2D eigenvalue weighted by molar-refractivity contribution is -0.123. The van der Waals surface area contributed by atoms with Gasteiger partial charge in [-0.25, -0.2) is 0 Å². The van der Waals surface area contributed by atoms with E-state index in [1.54, 1.807) is 0 Å². The maximum atomic E-state index is 12.7. The van der Waals surface area contributed by atoms with E-state index in [0.717, 1.165) is 18.4 Å². The van der Waals surface area contributed by atoms with Gasteiger partial charge in [-0.15, -0.1) is 0 Å². The average Bonchev–Trinajstić information content (AvgIpc) is 3.19. The Balaban J connectivity index is 1.48. The molecule has 0 aliphatic heterocycles. The van der Waals surface area contributed by atoms with Gasteiger partial charge in [0.05, 0.1) is 6.04 Å². The predicted octanol–water partition coefficient (Wildman–Crippen LogP) is 4.73. The number of para-hydroxylation sites is 1. The van der Waals surface area contributed by atoms with Crippen molar-refractivity contribution in [2.75, 3.05) is 6.54 Å². The summed E-state index contributed by atoms with van der Waals surface area (Å²) in [6.45, 7) is 2.68. The lowest BCUT2D eigenvalue weighted by Gasteiger charge is -2.26. The van der Waals surface area contributed by atoms with Gasteiger partial charge in [-0.1, -0.05) is 67.8 Å². The molecule has 1 aliphatic carbocycles. The number of carbonyl (C=O) groups is 1. The molecule has 152 valence electrons. The first-order valence-corrected chi connectivity index (χ1v) is 10.9. The highest BCUT2D eigenvalue weighted by molar-refractivity contribution is 5.84. The Morgan fingerprint density at radius 2 is 1.76 bits per heavy atom. The molecule has 29 heavy (non-hydrogen) atoms. The fraction of sp³-hybridized carbons (Fsp3) is 0.400. The van der Waals surface area contributed by atoms with E-state index in [1.165, 1.54) is 35.8 Å². The van der Waals surface area contributed by atoms with Crippen LogP contribution in [0, 0.1) is 0 Å². The summed E-state index contributed by atoms with van der Waals surface area (Å²) in [5.41, 5.74) is 3.66. The lowest BCUT2D eigenvalue weighted by Crippen LogP contribution is -2.47. The molecule has 0 spiro atoms. The van der Waals surface area contributed by atoms with Gasteiger partial charge in [0.15, 0.2) is 0 Å². The van der Waals surface area contributed by atoms with E-state index >= 15 is 0 Å². The van der Waals surface area contributed by atoms with Gasteiger partial charge in [-0.05, 0) is 37.0 Å². The van der Waals surface area contributed by atoms with Crippen molar-refractivity contribution in [1.82, 2.24) is 15.6 Å². The van der Waals surface area contributed by atoms with E-state index in [-0.39, 0.29) is 17.9 Å². The van der Waals surface area contributed by atoms with Crippen LogP contribution in [-0.4, -0.2) is 29.5 Å². The number of fused-ring (bicyclic) bond motifs is 1. The van der Waals surface area contributed by atoms with E-state index in [9.17, 15) is 4.79 Å². The Labute approximate surface area is 173 Å². The van der Waals surface area contributed by atoms with Gasteiger partial charge in [-0.2, -0.15) is 0 Å². The monoisotopic (exact) mass is 389 g/mol. The Kier molecular flexibility index (Phi) is 6.30. The topological polar surface area (TPSA) is 56.9 Å². The molecular formula is C25H31N3O. The lowest BCUT2D eigenvalue weighted by atomic mass is 9.90. The standard InChI is InChI=1S/C25H31N3O/c1-18(25(29)28-20-12-6-3-7-13-20)26-16-22(19-10-4-2-5-11-19)23-17-27-24-15-9-8-14-21(23)24/h2,4-5,8-11,14-15,17-18,20,22,26-27H,3,6-7,12-13,16H2,1H3,(H,28,29). The number of aromatic nitrogens is 1. The van der Waals surface area contributed by atoms with Crippen molar-refractivity contribution in [2.45, 2.75) is 57.0 Å². The van der Waals surface area contributed by atoms with Crippen molar-refractivity contribution >= 4 is 16.8 Å². The minimum absolute atomic E-state index is 0.114. The summed E-state index contributed by atoms with van der Waals surface area (Å²) in [5.74, 6) is 0.292. The van der Waals surface area contributed by atoms with Crippen molar-refractivity contribution in [3.05, 3.63) is 71.9 Å². The predicted molar refractivity (Wildman–Crippen MR) is 119 cm³/mol. The first kappa shape index (κ1) is 19.7. The van der Waals surface area contributed by atoms with Gasteiger partial charge >= 0.3 is 0 Å². The van der Waals surface area contributed by atoms with Crippen molar-refractivity contribution in [2.24, 2.45) is 0 Å². The molecule has 2 unspecified atom stereocenters. The molecule has 1 heterocycles. The van der Waals surface area contributed by atoms with Crippen LogP contribution in [0.5, 0.6) is 0 Å². The largest absolute Gasteiger partial charge is 0.361 e. The number of amides is 1. The number of aromatic amines is 1. The van der Waals surface area contributed by atoms with Crippen LogP contribution < -0.4 is 10.6 Å². The number of hydrogen-bond acceptors (Lipinski definition) is 2. The zero-order valence-electron chi connectivity index (χ0n) is 17.2.